The van der Waals surface area contributed by atoms with E-state index in [1.54, 1.807) is 0 Å². The lowest BCUT2D eigenvalue weighted by molar-refractivity contribution is -0.279. The fourth-order valence-electron chi connectivity index (χ4n) is 3.54. The van der Waals surface area contributed by atoms with Gasteiger partial charge in [-0.15, -0.1) is 0 Å². The summed E-state index contributed by atoms with van der Waals surface area (Å²) in [6, 6.07) is 5.69. The second-order valence-electron chi connectivity index (χ2n) is 7.65. The number of carbonyl (C=O) groups is 1. The molecule has 2 aromatic carbocycles. The lowest BCUT2D eigenvalue weighted by Gasteiger charge is -2.36. The van der Waals surface area contributed by atoms with Crippen molar-refractivity contribution in [2.75, 3.05) is 7.11 Å². The van der Waals surface area contributed by atoms with Gasteiger partial charge < -0.3 is 54.4 Å². The molecular formula is C22H20O13. The van der Waals surface area contributed by atoms with E-state index >= 15 is 0 Å². The molecule has 4 rings (SSSR count). The zero-order valence-electron chi connectivity index (χ0n) is 17.9. The van der Waals surface area contributed by atoms with Crippen LogP contribution in [0.4, 0.5) is 0 Å². The number of benzene rings is 2. The molecule has 5 atom stereocenters. The number of hydrogen-bond acceptors (Lipinski definition) is 13. The van der Waals surface area contributed by atoms with Gasteiger partial charge in [0.05, 0.1) is 7.11 Å². The number of phenolic OH excluding ortho intramolecular Hbond substituents is 3. The molecule has 186 valence electrons. The van der Waals surface area contributed by atoms with Gasteiger partial charge in [0, 0.05) is 17.7 Å². The van der Waals surface area contributed by atoms with Gasteiger partial charge in [-0.2, -0.15) is 0 Å². The van der Waals surface area contributed by atoms with E-state index in [1.165, 1.54) is 19.2 Å². The summed E-state index contributed by atoms with van der Waals surface area (Å²) < 4.78 is 20.7. The topological polar surface area (TPSA) is 217 Å². The van der Waals surface area contributed by atoms with E-state index in [4.69, 9.17) is 18.6 Å². The average molecular weight is 492 g/mol. The van der Waals surface area contributed by atoms with Gasteiger partial charge in [0.2, 0.25) is 11.2 Å². The van der Waals surface area contributed by atoms with Crippen molar-refractivity contribution in [3.05, 3.63) is 40.6 Å². The minimum Gasteiger partial charge on any atom is -0.507 e. The molecule has 13 nitrogen and oxygen atoms in total. The molecule has 0 amide bonds. The Morgan fingerprint density at radius 1 is 0.914 bits per heavy atom. The summed E-state index contributed by atoms with van der Waals surface area (Å²) >= 11 is 0. The van der Waals surface area contributed by atoms with Crippen molar-refractivity contribution in [1.82, 2.24) is 0 Å². The van der Waals surface area contributed by atoms with Crippen LogP contribution in [-0.2, 0) is 9.53 Å². The normalized spacial score (nSPS) is 24.3. The van der Waals surface area contributed by atoms with Crippen molar-refractivity contribution < 1.29 is 59.2 Å². The molecule has 1 aromatic heterocycles. The first-order valence-corrected chi connectivity index (χ1v) is 10.0. The summed E-state index contributed by atoms with van der Waals surface area (Å²) in [6.45, 7) is 0. The number of esters is 1. The Labute approximate surface area is 195 Å². The second kappa shape index (κ2) is 9.05. The van der Waals surface area contributed by atoms with Crippen LogP contribution in [0.2, 0.25) is 0 Å². The van der Waals surface area contributed by atoms with Crippen LogP contribution in [0.1, 0.15) is 0 Å². The highest BCUT2D eigenvalue weighted by Gasteiger charge is 2.47. The third-order valence-corrected chi connectivity index (χ3v) is 5.40. The van der Waals surface area contributed by atoms with Crippen molar-refractivity contribution in [2.45, 2.75) is 30.7 Å². The van der Waals surface area contributed by atoms with Crippen LogP contribution < -0.4 is 14.9 Å². The summed E-state index contributed by atoms with van der Waals surface area (Å²) in [5.74, 6) is -4.22. The lowest BCUT2D eigenvalue weighted by Crippen LogP contribution is -2.60. The molecule has 1 aliphatic heterocycles. The Bertz CT molecular complexity index is 1350. The number of carbonyl (C=O) groups excluding carboxylic acids is 1. The Kier molecular flexibility index (Phi) is 6.27. The predicted molar refractivity (Wildman–Crippen MR) is 114 cm³/mol. The monoisotopic (exact) mass is 492 g/mol. The molecular weight excluding hydrogens is 472 g/mol. The van der Waals surface area contributed by atoms with Crippen LogP contribution in [0.3, 0.4) is 0 Å². The molecule has 0 aliphatic carbocycles. The molecule has 1 aliphatic rings. The fourth-order valence-corrected chi connectivity index (χ4v) is 3.54. The maximum atomic E-state index is 13.3. The van der Waals surface area contributed by atoms with Gasteiger partial charge in [0.15, 0.2) is 29.7 Å². The smallest absolute Gasteiger partial charge is 0.343 e. The number of aromatic hydroxyl groups is 3. The first-order chi connectivity index (χ1) is 16.5. The molecule has 0 saturated carbocycles. The van der Waals surface area contributed by atoms with Gasteiger partial charge in [0.1, 0.15) is 40.8 Å². The van der Waals surface area contributed by atoms with Crippen molar-refractivity contribution in [3.63, 3.8) is 0 Å². The average Bonchev–Trinajstić information content (AvgIpc) is 2.82. The van der Waals surface area contributed by atoms with Crippen molar-refractivity contribution in [2.24, 2.45) is 0 Å². The standard InChI is InChI=1S/C22H20O13/c1-32-8-5-11(25)13-12(6-8)33-18(7-2-3-9(23)10(24)4-7)19(14(13)26)34-22(31)20-16(28)15(27)17(29)21(30)35-20/h2-6,15-17,20-21,23-25,27-30H,1H3/t15-,16-,17+,20-,21+/m0/s1. The van der Waals surface area contributed by atoms with E-state index in [1.807, 2.05) is 0 Å². The Hall–Kier alpha value is -3.88. The fraction of sp³-hybridized carbons (Fsp3) is 0.273. The van der Waals surface area contributed by atoms with Gasteiger partial charge in [-0.25, -0.2) is 4.79 Å². The minimum atomic E-state index is -2.05. The third kappa shape index (κ3) is 4.22. The maximum absolute atomic E-state index is 13.3. The molecule has 7 N–H and O–H groups in total. The van der Waals surface area contributed by atoms with E-state index in [2.05, 4.69) is 0 Å². The molecule has 0 spiro atoms. The predicted octanol–water partition coefficient (Wildman–Crippen LogP) is -0.709. The Balaban J connectivity index is 1.87. The number of phenols is 3. The number of aliphatic hydroxyl groups is 4. The summed E-state index contributed by atoms with van der Waals surface area (Å²) in [5.41, 5.74) is -1.27. The molecule has 1 fully saturated rings. The molecule has 0 radical (unpaired) electrons. The summed E-state index contributed by atoms with van der Waals surface area (Å²) in [7, 11) is 1.31. The Morgan fingerprint density at radius 2 is 1.63 bits per heavy atom. The molecule has 0 unspecified atom stereocenters. The van der Waals surface area contributed by atoms with Crippen molar-refractivity contribution in [1.29, 1.82) is 0 Å². The zero-order valence-corrected chi connectivity index (χ0v) is 17.9. The van der Waals surface area contributed by atoms with Crippen molar-refractivity contribution in [3.8, 4) is 40.1 Å². The van der Waals surface area contributed by atoms with E-state index < -0.39 is 76.2 Å². The molecule has 35 heavy (non-hydrogen) atoms. The van der Waals surface area contributed by atoms with E-state index in [0.717, 1.165) is 18.2 Å². The summed E-state index contributed by atoms with van der Waals surface area (Å²) in [4.78, 5) is 26.1. The van der Waals surface area contributed by atoms with Gasteiger partial charge in [-0.05, 0) is 18.2 Å². The third-order valence-electron chi connectivity index (χ3n) is 5.40. The summed E-state index contributed by atoms with van der Waals surface area (Å²) in [5, 5.41) is 68.7. The van der Waals surface area contributed by atoms with Crippen molar-refractivity contribution >= 4 is 16.9 Å². The SMILES string of the molecule is COc1cc(O)c2c(=O)c(OC(=O)[C@H]3O[C@@H](O)[C@H](O)[C@@H](O)[C@@H]3O)c(-c3ccc(O)c(O)c3)oc2c1. The number of ether oxygens (including phenoxy) is 3. The van der Waals surface area contributed by atoms with Crippen LogP contribution in [0.5, 0.6) is 28.7 Å². The van der Waals surface area contributed by atoms with Crippen LogP contribution in [-0.4, -0.2) is 79.5 Å². The van der Waals surface area contributed by atoms with Gasteiger partial charge in [-0.3, -0.25) is 4.79 Å². The molecule has 3 aromatic rings. The Morgan fingerprint density at radius 3 is 2.29 bits per heavy atom. The molecule has 0 bridgehead atoms. The molecule has 2 heterocycles. The van der Waals surface area contributed by atoms with Crippen LogP contribution in [0, 0.1) is 0 Å². The highest BCUT2D eigenvalue weighted by atomic mass is 16.7. The number of hydrogen-bond donors (Lipinski definition) is 7. The molecule has 13 heteroatoms. The molecule has 1 saturated heterocycles. The van der Waals surface area contributed by atoms with Crippen LogP contribution in [0.15, 0.2) is 39.5 Å². The largest absolute Gasteiger partial charge is 0.507 e. The van der Waals surface area contributed by atoms with Gasteiger partial charge >= 0.3 is 5.97 Å². The zero-order chi connectivity index (χ0) is 25.6. The van der Waals surface area contributed by atoms with Crippen LogP contribution >= 0.6 is 0 Å². The van der Waals surface area contributed by atoms with Gasteiger partial charge in [-0.1, -0.05) is 0 Å². The number of rotatable bonds is 4. The minimum absolute atomic E-state index is 0.0370. The maximum Gasteiger partial charge on any atom is 0.343 e. The second-order valence-corrected chi connectivity index (χ2v) is 7.65. The van der Waals surface area contributed by atoms with E-state index in [0.29, 0.717) is 0 Å². The number of fused-ring (bicyclic) bond motifs is 1. The first kappa shape index (κ1) is 24.3. The quantitative estimate of drug-likeness (QED) is 0.177. The van der Waals surface area contributed by atoms with E-state index in [9.17, 15) is 45.3 Å². The van der Waals surface area contributed by atoms with Gasteiger partial charge in [0.25, 0.3) is 0 Å². The highest BCUT2D eigenvalue weighted by molar-refractivity contribution is 5.90. The van der Waals surface area contributed by atoms with E-state index in [-0.39, 0.29) is 16.9 Å². The number of methoxy groups -OCH3 is 1. The van der Waals surface area contributed by atoms with Crippen LogP contribution in [0.25, 0.3) is 22.3 Å². The lowest BCUT2D eigenvalue weighted by atomic mass is 9.99. The summed E-state index contributed by atoms with van der Waals surface area (Å²) in [6.07, 6.45) is -10.0. The highest BCUT2D eigenvalue weighted by Crippen LogP contribution is 2.38. The first-order valence-electron chi connectivity index (χ1n) is 10.0. The number of aliphatic hydroxyl groups excluding tert-OH is 4.